The van der Waals surface area contributed by atoms with Crippen molar-refractivity contribution in [3.63, 3.8) is 0 Å². The number of hydrogen-bond donors (Lipinski definition) is 0. The zero-order chi connectivity index (χ0) is 5.28. The highest BCUT2D eigenvalue weighted by Crippen LogP contribution is 2.02. The number of carbonyl (C=O) groups is 1. The van der Waals surface area contributed by atoms with Gasteiger partial charge in [-0.2, -0.15) is 0 Å². The maximum Gasteiger partial charge on any atom is 0.333 e. The Labute approximate surface area is 52.6 Å². The Morgan fingerprint density at radius 3 is 2.50 bits per heavy atom. The van der Waals surface area contributed by atoms with Crippen LogP contribution in [0.15, 0.2) is 11.6 Å². The molecule has 1 rings (SSSR count). The quantitative estimate of drug-likeness (QED) is 0.312. The van der Waals surface area contributed by atoms with E-state index in [9.17, 15) is 4.79 Å². The van der Waals surface area contributed by atoms with E-state index < -0.39 is 0 Å². The van der Waals surface area contributed by atoms with Crippen molar-refractivity contribution in [1.29, 1.82) is 0 Å². The zero-order valence-electron chi connectivity index (χ0n) is 4.10. The summed E-state index contributed by atoms with van der Waals surface area (Å²) in [6.07, 6.45) is 1.77. The van der Waals surface area contributed by atoms with Crippen LogP contribution >= 0.6 is 0 Å². The van der Waals surface area contributed by atoms with Gasteiger partial charge in [0.05, 0.1) is 0 Å². The molecule has 46 valence electrons. The van der Waals surface area contributed by atoms with Gasteiger partial charge in [0.2, 0.25) is 0 Å². The summed E-state index contributed by atoms with van der Waals surface area (Å²) in [4.78, 5) is 10.3. The second kappa shape index (κ2) is 2.67. The molecule has 0 aromatic carbocycles. The number of cyclic esters (lactones) is 1. The van der Waals surface area contributed by atoms with Crippen molar-refractivity contribution in [3.8, 4) is 0 Å². The SMILES string of the molecule is CC1=CCOC1=O.[SiH4]. The Kier molecular flexibility index (Phi) is 2.47. The van der Waals surface area contributed by atoms with Gasteiger partial charge in [0.25, 0.3) is 0 Å². The van der Waals surface area contributed by atoms with Crippen molar-refractivity contribution in [2.45, 2.75) is 6.92 Å². The molecule has 1 aliphatic heterocycles. The molecule has 0 aromatic rings. The van der Waals surface area contributed by atoms with Crippen molar-refractivity contribution in [2.75, 3.05) is 6.61 Å². The van der Waals surface area contributed by atoms with E-state index in [-0.39, 0.29) is 16.9 Å². The Hall–Kier alpha value is -0.573. The molecule has 0 unspecified atom stereocenters. The summed E-state index contributed by atoms with van der Waals surface area (Å²) in [5, 5.41) is 0. The summed E-state index contributed by atoms with van der Waals surface area (Å²) in [5.41, 5.74) is 0.722. The van der Waals surface area contributed by atoms with Crippen molar-refractivity contribution >= 4 is 16.9 Å². The first-order chi connectivity index (χ1) is 3.30. The van der Waals surface area contributed by atoms with Crippen LogP contribution < -0.4 is 0 Å². The van der Waals surface area contributed by atoms with Crippen LogP contribution in [-0.2, 0) is 9.53 Å². The number of carbonyl (C=O) groups excluding carboxylic acids is 1. The summed E-state index contributed by atoms with van der Waals surface area (Å²) in [6, 6.07) is 0. The van der Waals surface area contributed by atoms with Gasteiger partial charge in [0.1, 0.15) is 6.61 Å². The topological polar surface area (TPSA) is 26.3 Å². The van der Waals surface area contributed by atoms with E-state index in [1.165, 1.54) is 0 Å². The van der Waals surface area contributed by atoms with E-state index in [2.05, 4.69) is 4.74 Å². The predicted octanol–water partition coefficient (Wildman–Crippen LogP) is -0.962. The van der Waals surface area contributed by atoms with E-state index in [1.54, 1.807) is 13.0 Å². The fourth-order valence-corrected chi connectivity index (χ4v) is 0.440. The van der Waals surface area contributed by atoms with E-state index in [0.717, 1.165) is 5.57 Å². The first-order valence-electron chi connectivity index (χ1n) is 2.14. The zero-order valence-corrected chi connectivity index (χ0v) is 4.10. The normalized spacial score (nSPS) is 16.6. The van der Waals surface area contributed by atoms with Gasteiger partial charge < -0.3 is 4.74 Å². The smallest absolute Gasteiger partial charge is 0.333 e. The molecule has 0 amide bonds. The Morgan fingerprint density at radius 1 is 1.75 bits per heavy atom. The third-order valence-corrected chi connectivity index (χ3v) is 0.926. The number of ether oxygens (including phenoxy) is 1. The molecule has 0 saturated heterocycles. The summed E-state index contributed by atoms with van der Waals surface area (Å²) in [6.45, 7) is 2.21. The van der Waals surface area contributed by atoms with E-state index in [1.807, 2.05) is 0 Å². The molecular weight excluding hydrogens is 120 g/mol. The van der Waals surface area contributed by atoms with Gasteiger partial charge in [0, 0.05) is 5.57 Å². The van der Waals surface area contributed by atoms with E-state index in [4.69, 9.17) is 0 Å². The van der Waals surface area contributed by atoms with Crippen LogP contribution in [-0.4, -0.2) is 23.5 Å². The van der Waals surface area contributed by atoms with Gasteiger partial charge in [-0.15, -0.1) is 0 Å². The van der Waals surface area contributed by atoms with Crippen LogP contribution in [0.3, 0.4) is 0 Å². The molecule has 0 saturated carbocycles. The molecule has 1 heterocycles. The largest absolute Gasteiger partial charge is 0.458 e. The van der Waals surface area contributed by atoms with Crippen LogP contribution in [0.25, 0.3) is 0 Å². The van der Waals surface area contributed by atoms with Crippen molar-refractivity contribution in [2.24, 2.45) is 0 Å². The van der Waals surface area contributed by atoms with Gasteiger partial charge in [-0.3, -0.25) is 0 Å². The van der Waals surface area contributed by atoms with E-state index in [0.29, 0.717) is 6.61 Å². The van der Waals surface area contributed by atoms with Gasteiger partial charge in [-0.25, -0.2) is 4.79 Å². The standard InChI is InChI=1S/C5H6O2.H4Si/c1-4-2-3-7-5(4)6;/h2H,3H2,1H3;1H4. The lowest BCUT2D eigenvalue weighted by molar-refractivity contribution is -0.135. The van der Waals surface area contributed by atoms with Crippen molar-refractivity contribution in [1.82, 2.24) is 0 Å². The van der Waals surface area contributed by atoms with Gasteiger partial charge >= 0.3 is 5.97 Å². The minimum Gasteiger partial charge on any atom is -0.458 e. The average molecular weight is 130 g/mol. The van der Waals surface area contributed by atoms with Crippen LogP contribution in [0, 0.1) is 0 Å². The highest BCUT2D eigenvalue weighted by atomic mass is 28.1. The van der Waals surface area contributed by atoms with Gasteiger partial charge in [-0.1, -0.05) is 0 Å². The molecule has 0 radical (unpaired) electrons. The van der Waals surface area contributed by atoms with Crippen LogP contribution in [0.4, 0.5) is 0 Å². The summed E-state index contributed by atoms with van der Waals surface area (Å²) >= 11 is 0. The molecule has 0 aromatic heterocycles. The van der Waals surface area contributed by atoms with E-state index >= 15 is 0 Å². The van der Waals surface area contributed by atoms with Crippen molar-refractivity contribution in [3.05, 3.63) is 11.6 Å². The van der Waals surface area contributed by atoms with Crippen LogP contribution in [0.2, 0.25) is 0 Å². The molecule has 0 N–H and O–H groups in total. The maximum atomic E-state index is 10.3. The monoisotopic (exact) mass is 130 g/mol. The molecule has 0 fully saturated rings. The molecule has 8 heavy (non-hydrogen) atoms. The second-order valence-corrected chi connectivity index (χ2v) is 1.49. The van der Waals surface area contributed by atoms with Crippen LogP contribution in [0.1, 0.15) is 6.92 Å². The molecule has 0 aliphatic carbocycles. The minimum absolute atomic E-state index is 0. The first kappa shape index (κ1) is 7.43. The third-order valence-electron chi connectivity index (χ3n) is 0.926. The molecule has 0 bridgehead atoms. The van der Waals surface area contributed by atoms with Gasteiger partial charge in [0.15, 0.2) is 0 Å². The first-order valence-corrected chi connectivity index (χ1v) is 2.14. The van der Waals surface area contributed by atoms with Crippen molar-refractivity contribution < 1.29 is 9.53 Å². The fourth-order valence-electron chi connectivity index (χ4n) is 0.440. The fraction of sp³-hybridized carbons (Fsp3) is 0.400. The molecule has 0 atom stereocenters. The van der Waals surface area contributed by atoms with Gasteiger partial charge in [-0.05, 0) is 24.0 Å². The molecule has 2 nitrogen and oxygen atoms in total. The lowest BCUT2D eigenvalue weighted by atomic mass is 10.3. The highest BCUT2D eigenvalue weighted by molar-refractivity contribution is 5.89. The minimum atomic E-state index is -0.181. The predicted molar refractivity (Wildman–Crippen MR) is 36.0 cm³/mol. The highest BCUT2D eigenvalue weighted by Gasteiger charge is 2.09. The summed E-state index contributed by atoms with van der Waals surface area (Å²) in [5.74, 6) is -0.181. The molecule has 0 spiro atoms. The lowest BCUT2D eigenvalue weighted by Crippen LogP contribution is -1.94. The lowest BCUT2D eigenvalue weighted by Gasteiger charge is -1.85. The summed E-state index contributed by atoms with van der Waals surface area (Å²) < 4.78 is 4.53. The average Bonchev–Trinajstić information content (AvgIpc) is 1.91. The number of hydrogen-bond acceptors (Lipinski definition) is 2. The Balaban J connectivity index is 0.000000490. The summed E-state index contributed by atoms with van der Waals surface area (Å²) in [7, 11) is 0. The third kappa shape index (κ3) is 1.20. The molecule has 1 aliphatic rings. The number of esters is 1. The Morgan fingerprint density at radius 2 is 2.38 bits per heavy atom. The van der Waals surface area contributed by atoms with Crippen LogP contribution in [0.5, 0.6) is 0 Å². The Bertz CT molecular complexity index is 128. The second-order valence-electron chi connectivity index (χ2n) is 1.49. The number of rotatable bonds is 0. The maximum absolute atomic E-state index is 10.3. The molecule has 3 heteroatoms. The molecular formula is C5H10O2Si.